The molecule has 9 nitrogen and oxygen atoms in total. The Bertz CT molecular complexity index is 797. The van der Waals surface area contributed by atoms with Crippen molar-refractivity contribution in [3.8, 4) is 5.69 Å². The Kier molecular flexibility index (Phi) is 3.48. The van der Waals surface area contributed by atoms with Crippen LogP contribution in [0.25, 0.3) is 16.9 Å². The lowest BCUT2D eigenvalue weighted by Gasteiger charge is -1.99. The first-order chi connectivity index (χ1) is 10.2. The maximum absolute atomic E-state index is 11.1. The van der Waals surface area contributed by atoms with Crippen LogP contribution in [0.4, 0.5) is 0 Å². The van der Waals surface area contributed by atoms with Crippen LogP contribution in [-0.2, 0) is 16.1 Å². The number of methoxy groups -OCH3 is 1. The highest BCUT2D eigenvalue weighted by molar-refractivity contribution is 6.28. The van der Waals surface area contributed by atoms with E-state index >= 15 is 0 Å². The molecule has 10 heteroatoms. The molecule has 0 aliphatic rings. The second-order valence-electron chi connectivity index (χ2n) is 4.14. The van der Waals surface area contributed by atoms with Crippen LogP contribution >= 0.6 is 11.6 Å². The summed E-state index contributed by atoms with van der Waals surface area (Å²) in [5, 5.41) is 12.2. The third-order valence-corrected chi connectivity index (χ3v) is 2.98. The van der Waals surface area contributed by atoms with Crippen molar-refractivity contribution < 1.29 is 9.53 Å². The van der Waals surface area contributed by atoms with Crippen molar-refractivity contribution in [2.24, 2.45) is 0 Å². The van der Waals surface area contributed by atoms with E-state index in [1.54, 1.807) is 17.1 Å². The molecule has 0 spiro atoms. The van der Waals surface area contributed by atoms with Gasteiger partial charge in [0.15, 0.2) is 11.2 Å². The Morgan fingerprint density at radius 3 is 3.10 bits per heavy atom. The van der Waals surface area contributed by atoms with Crippen molar-refractivity contribution in [3.63, 3.8) is 0 Å². The van der Waals surface area contributed by atoms with Crippen molar-refractivity contribution in [1.29, 1.82) is 0 Å². The summed E-state index contributed by atoms with van der Waals surface area (Å²) in [7, 11) is 1.35. The minimum atomic E-state index is -0.294. The molecule has 0 atom stereocenters. The third-order valence-electron chi connectivity index (χ3n) is 2.80. The average molecular weight is 308 g/mol. The fraction of sp³-hybridized carbons (Fsp3) is 0.273. The van der Waals surface area contributed by atoms with Gasteiger partial charge >= 0.3 is 5.97 Å². The molecule has 3 heterocycles. The summed E-state index contributed by atoms with van der Waals surface area (Å²) in [4.78, 5) is 19.0. The Morgan fingerprint density at radius 2 is 2.29 bits per heavy atom. The van der Waals surface area contributed by atoms with Gasteiger partial charge in [0, 0.05) is 0 Å². The van der Waals surface area contributed by atoms with E-state index in [0.717, 1.165) is 0 Å². The van der Waals surface area contributed by atoms with E-state index in [-0.39, 0.29) is 17.7 Å². The van der Waals surface area contributed by atoms with E-state index in [4.69, 9.17) is 11.6 Å². The maximum atomic E-state index is 11.1. The Hall–Kier alpha value is -2.55. The van der Waals surface area contributed by atoms with Gasteiger partial charge in [-0.2, -0.15) is 14.8 Å². The maximum Gasteiger partial charge on any atom is 0.307 e. The van der Waals surface area contributed by atoms with E-state index in [0.29, 0.717) is 23.4 Å². The van der Waals surface area contributed by atoms with Crippen molar-refractivity contribution in [3.05, 3.63) is 23.9 Å². The molecule has 3 aromatic rings. The van der Waals surface area contributed by atoms with Crippen molar-refractivity contribution in [2.45, 2.75) is 13.0 Å². The summed E-state index contributed by atoms with van der Waals surface area (Å²) in [6, 6.07) is 0. The predicted molar refractivity (Wildman–Crippen MR) is 71.9 cm³/mol. The van der Waals surface area contributed by atoms with Gasteiger partial charge in [0.2, 0.25) is 5.28 Å². The number of rotatable bonds is 4. The summed E-state index contributed by atoms with van der Waals surface area (Å²) in [5.41, 5.74) is 1.68. The first-order valence-electron chi connectivity index (χ1n) is 6.01. The van der Waals surface area contributed by atoms with E-state index in [9.17, 15) is 4.79 Å². The second kappa shape index (κ2) is 5.44. The number of fused-ring (bicyclic) bond motifs is 1. The van der Waals surface area contributed by atoms with Crippen LogP contribution in [0.15, 0.2) is 18.6 Å². The molecule has 0 fully saturated rings. The van der Waals surface area contributed by atoms with Gasteiger partial charge in [0.1, 0.15) is 5.69 Å². The molecule has 0 unspecified atom stereocenters. The fourth-order valence-electron chi connectivity index (χ4n) is 1.77. The number of carbonyl (C=O) groups excluding carboxylic acids is 1. The van der Waals surface area contributed by atoms with E-state index in [2.05, 4.69) is 30.1 Å². The van der Waals surface area contributed by atoms with Crippen LogP contribution in [-0.4, -0.2) is 47.8 Å². The highest BCUT2D eigenvalue weighted by Crippen LogP contribution is 2.14. The number of carbonyl (C=O) groups is 1. The SMILES string of the molecule is COC(=O)CCn1cc(-n2nnc3cnc(Cl)nc32)cn1. The van der Waals surface area contributed by atoms with Crippen LogP contribution in [0.3, 0.4) is 0 Å². The third kappa shape index (κ3) is 2.68. The molecule has 0 bridgehead atoms. The summed E-state index contributed by atoms with van der Waals surface area (Å²) in [5.74, 6) is -0.294. The molecule has 0 aromatic carbocycles. The molecule has 0 radical (unpaired) electrons. The zero-order chi connectivity index (χ0) is 14.8. The summed E-state index contributed by atoms with van der Waals surface area (Å²) >= 11 is 5.78. The molecule has 0 saturated carbocycles. The van der Waals surface area contributed by atoms with Crippen LogP contribution in [0.1, 0.15) is 6.42 Å². The highest BCUT2D eigenvalue weighted by Gasteiger charge is 2.11. The summed E-state index contributed by atoms with van der Waals surface area (Å²) < 4.78 is 7.70. The van der Waals surface area contributed by atoms with Gasteiger partial charge in [0.25, 0.3) is 0 Å². The topological polar surface area (TPSA) is 101 Å². The van der Waals surface area contributed by atoms with Crippen molar-refractivity contribution >= 4 is 28.7 Å². The van der Waals surface area contributed by atoms with Gasteiger partial charge in [-0.25, -0.2) is 4.98 Å². The molecule has 3 rings (SSSR count). The van der Waals surface area contributed by atoms with E-state index < -0.39 is 0 Å². The van der Waals surface area contributed by atoms with Crippen LogP contribution in [0, 0.1) is 0 Å². The predicted octanol–water partition coefficient (Wildman–Crippen LogP) is 0.623. The summed E-state index contributed by atoms with van der Waals surface area (Å²) in [6.45, 7) is 0.412. The lowest BCUT2D eigenvalue weighted by Crippen LogP contribution is -2.07. The Morgan fingerprint density at radius 1 is 1.43 bits per heavy atom. The fourth-order valence-corrected chi connectivity index (χ4v) is 1.90. The van der Waals surface area contributed by atoms with Crippen molar-refractivity contribution in [2.75, 3.05) is 7.11 Å². The molecule has 21 heavy (non-hydrogen) atoms. The molecule has 3 aromatic heterocycles. The van der Waals surface area contributed by atoms with Gasteiger partial charge in [-0.3, -0.25) is 9.48 Å². The van der Waals surface area contributed by atoms with E-state index in [1.165, 1.54) is 18.0 Å². The number of esters is 1. The minimum Gasteiger partial charge on any atom is -0.469 e. The smallest absolute Gasteiger partial charge is 0.307 e. The number of hydrogen-bond donors (Lipinski definition) is 0. The quantitative estimate of drug-likeness (QED) is 0.514. The number of halogens is 1. The molecule has 0 saturated heterocycles. The Labute approximate surface area is 123 Å². The standard InChI is InChI=1S/C11H10ClN7O2/c1-21-9(20)2-3-18-6-7(4-14-18)19-10-8(16-17-19)5-13-11(12)15-10/h4-6H,2-3H2,1H3. The van der Waals surface area contributed by atoms with E-state index in [1.807, 2.05) is 0 Å². The molecule has 0 amide bonds. The monoisotopic (exact) mass is 307 g/mol. The summed E-state index contributed by atoms with van der Waals surface area (Å²) in [6.07, 6.45) is 5.06. The number of ether oxygens (including phenoxy) is 1. The van der Waals surface area contributed by atoms with Gasteiger partial charge in [-0.05, 0) is 11.6 Å². The van der Waals surface area contributed by atoms with Gasteiger partial charge in [-0.1, -0.05) is 5.21 Å². The molecule has 0 N–H and O–H groups in total. The first-order valence-corrected chi connectivity index (χ1v) is 6.39. The van der Waals surface area contributed by atoms with Crippen LogP contribution in [0.5, 0.6) is 0 Å². The normalized spacial score (nSPS) is 11.0. The van der Waals surface area contributed by atoms with Crippen LogP contribution in [0.2, 0.25) is 5.28 Å². The number of hydrogen-bond acceptors (Lipinski definition) is 7. The average Bonchev–Trinajstić information content (AvgIpc) is 3.10. The molecular formula is C11H10ClN7O2. The van der Waals surface area contributed by atoms with Gasteiger partial charge in [-0.15, -0.1) is 5.10 Å². The lowest BCUT2D eigenvalue weighted by atomic mass is 10.4. The van der Waals surface area contributed by atoms with Crippen LogP contribution < -0.4 is 0 Å². The number of aromatic nitrogens is 7. The molecule has 0 aliphatic carbocycles. The first kappa shape index (κ1) is 13.4. The van der Waals surface area contributed by atoms with Gasteiger partial charge < -0.3 is 4.74 Å². The largest absolute Gasteiger partial charge is 0.469 e. The lowest BCUT2D eigenvalue weighted by molar-refractivity contribution is -0.140. The molecule has 108 valence electrons. The van der Waals surface area contributed by atoms with Gasteiger partial charge in [0.05, 0.1) is 38.7 Å². The number of aryl methyl sites for hydroxylation is 1. The van der Waals surface area contributed by atoms with Crippen molar-refractivity contribution in [1.82, 2.24) is 34.7 Å². The molecular weight excluding hydrogens is 298 g/mol. The highest BCUT2D eigenvalue weighted by atomic mass is 35.5. The minimum absolute atomic E-state index is 0.115. The molecule has 0 aliphatic heterocycles. The Balaban J connectivity index is 1.88. The zero-order valence-electron chi connectivity index (χ0n) is 11.0. The second-order valence-corrected chi connectivity index (χ2v) is 4.47. The zero-order valence-corrected chi connectivity index (χ0v) is 11.7. The number of nitrogens with zero attached hydrogens (tertiary/aromatic N) is 7.